The maximum absolute atomic E-state index is 12.5. The summed E-state index contributed by atoms with van der Waals surface area (Å²) in [6.07, 6.45) is -4.47. The summed E-state index contributed by atoms with van der Waals surface area (Å²) in [6.45, 7) is 0. The van der Waals surface area contributed by atoms with Crippen molar-refractivity contribution in [1.29, 1.82) is 0 Å². The van der Waals surface area contributed by atoms with Gasteiger partial charge in [0.05, 0.1) is 4.70 Å². The number of thiophene rings is 1. The Kier molecular flexibility index (Phi) is 2.39. The Morgan fingerprint density at radius 1 is 1.17 bits per heavy atom. The average Bonchev–Trinajstić information content (AvgIpc) is 2.67. The second-order valence-electron chi connectivity index (χ2n) is 3.41. The third kappa shape index (κ3) is 1.68. The van der Waals surface area contributed by atoms with E-state index in [1.54, 1.807) is 0 Å². The molecule has 9 heteroatoms. The van der Waals surface area contributed by atoms with Crippen molar-refractivity contribution in [3.05, 3.63) is 23.0 Å². The highest BCUT2D eigenvalue weighted by Crippen LogP contribution is 2.36. The van der Waals surface area contributed by atoms with E-state index < -0.39 is 11.9 Å². The number of hydrogen-bond donors (Lipinski definition) is 0. The first-order chi connectivity index (χ1) is 8.47. The second kappa shape index (κ2) is 3.72. The third-order valence-electron chi connectivity index (χ3n) is 2.28. The molecule has 3 rings (SSSR count). The molecule has 0 saturated carbocycles. The SMILES string of the molecule is FC(F)(F)c1ccc2c(n1)sc1c(Cl)nnnc12. The van der Waals surface area contributed by atoms with Crippen LogP contribution in [0.15, 0.2) is 12.1 Å². The molecule has 4 nitrogen and oxygen atoms in total. The van der Waals surface area contributed by atoms with Gasteiger partial charge in [0.1, 0.15) is 16.0 Å². The minimum absolute atomic E-state index is 0.108. The standard InChI is InChI=1S/C9H2ClF3N4S/c10-7-6-5(15-17-16-7)3-1-2-4(9(11,12)13)14-8(3)18-6/h1-2H. The van der Waals surface area contributed by atoms with Gasteiger partial charge < -0.3 is 0 Å². The fourth-order valence-electron chi connectivity index (χ4n) is 1.51. The number of pyridine rings is 1. The molecule has 3 aromatic heterocycles. The summed E-state index contributed by atoms with van der Waals surface area (Å²) in [6, 6.07) is 2.22. The van der Waals surface area contributed by atoms with Crippen LogP contribution in [0.2, 0.25) is 5.15 Å². The average molecular weight is 291 g/mol. The van der Waals surface area contributed by atoms with Gasteiger partial charge in [-0.1, -0.05) is 11.6 Å². The highest BCUT2D eigenvalue weighted by atomic mass is 35.5. The smallest absolute Gasteiger partial charge is 0.232 e. The summed E-state index contributed by atoms with van der Waals surface area (Å²) in [5.41, 5.74) is -0.533. The molecule has 0 N–H and O–H groups in total. The van der Waals surface area contributed by atoms with Crippen molar-refractivity contribution in [3.8, 4) is 0 Å². The molecule has 0 bridgehead atoms. The molecule has 0 aliphatic carbocycles. The molecule has 0 unspecified atom stereocenters. The highest BCUT2D eigenvalue weighted by Gasteiger charge is 2.32. The molecule has 0 spiro atoms. The van der Waals surface area contributed by atoms with Gasteiger partial charge >= 0.3 is 6.18 Å². The van der Waals surface area contributed by atoms with Crippen molar-refractivity contribution in [3.63, 3.8) is 0 Å². The lowest BCUT2D eigenvalue weighted by atomic mass is 10.2. The molecule has 0 aliphatic heterocycles. The molecule has 3 aromatic rings. The van der Waals surface area contributed by atoms with Gasteiger partial charge in [-0.15, -0.1) is 21.5 Å². The van der Waals surface area contributed by atoms with E-state index in [1.165, 1.54) is 6.07 Å². The van der Waals surface area contributed by atoms with Crippen LogP contribution in [-0.2, 0) is 6.18 Å². The molecular formula is C9H2ClF3N4S. The summed E-state index contributed by atoms with van der Waals surface area (Å²) in [7, 11) is 0. The van der Waals surface area contributed by atoms with E-state index in [0.717, 1.165) is 17.4 Å². The van der Waals surface area contributed by atoms with Crippen molar-refractivity contribution in [2.45, 2.75) is 6.18 Å². The first-order valence-electron chi connectivity index (χ1n) is 4.62. The van der Waals surface area contributed by atoms with Crippen LogP contribution in [0.1, 0.15) is 5.69 Å². The quantitative estimate of drug-likeness (QED) is 0.637. The van der Waals surface area contributed by atoms with Crippen molar-refractivity contribution >= 4 is 43.4 Å². The maximum atomic E-state index is 12.5. The van der Waals surface area contributed by atoms with Gasteiger partial charge in [-0.25, -0.2) is 4.98 Å². The van der Waals surface area contributed by atoms with Crippen molar-refractivity contribution < 1.29 is 13.2 Å². The van der Waals surface area contributed by atoms with Gasteiger partial charge in [0.15, 0.2) is 5.15 Å². The molecule has 0 amide bonds. The lowest BCUT2D eigenvalue weighted by molar-refractivity contribution is -0.140. The fourth-order valence-corrected chi connectivity index (χ4v) is 2.74. The van der Waals surface area contributed by atoms with Crippen LogP contribution in [0.25, 0.3) is 20.4 Å². The Hall–Kier alpha value is -1.54. The molecule has 0 aliphatic rings. The van der Waals surface area contributed by atoms with Crippen LogP contribution in [0.4, 0.5) is 13.2 Å². The van der Waals surface area contributed by atoms with Crippen LogP contribution in [0, 0.1) is 0 Å². The summed E-state index contributed by atoms with van der Waals surface area (Å²) in [5, 5.41) is 11.3. The number of alkyl halides is 3. The van der Waals surface area contributed by atoms with Gasteiger partial charge in [-0.3, -0.25) is 0 Å². The van der Waals surface area contributed by atoms with Crippen molar-refractivity contribution in [2.24, 2.45) is 0 Å². The first kappa shape index (κ1) is 11.5. The van der Waals surface area contributed by atoms with Gasteiger partial charge in [0.2, 0.25) is 0 Å². The van der Waals surface area contributed by atoms with Crippen molar-refractivity contribution in [2.75, 3.05) is 0 Å². The van der Waals surface area contributed by atoms with Crippen LogP contribution in [0.3, 0.4) is 0 Å². The van der Waals surface area contributed by atoms with Crippen molar-refractivity contribution in [1.82, 2.24) is 20.4 Å². The highest BCUT2D eigenvalue weighted by molar-refractivity contribution is 7.25. The summed E-state index contributed by atoms with van der Waals surface area (Å²) in [4.78, 5) is 3.78. The van der Waals surface area contributed by atoms with E-state index in [0.29, 0.717) is 15.6 Å². The zero-order chi connectivity index (χ0) is 12.9. The number of halogens is 4. The van der Waals surface area contributed by atoms with Gasteiger partial charge in [0, 0.05) is 5.39 Å². The number of nitrogens with zero attached hydrogens (tertiary/aromatic N) is 4. The molecular weight excluding hydrogens is 289 g/mol. The molecule has 92 valence electrons. The predicted octanol–water partition coefficient (Wildman–Crippen LogP) is 3.31. The van der Waals surface area contributed by atoms with Crippen LogP contribution in [0.5, 0.6) is 0 Å². The molecule has 3 heterocycles. The zero-order valence-electron chi connectivity index (χ0n) is 8.36. The van der Waals surface area contributed by atoms with Crippen LogP contribution >= 0.6 is 22.9 Å². The molecule has 0 saturated heterocycles. The molecule has 0 fully saturated rings. The molecule has 0 radical (unpaired) electrons. The Bertz CT molecular complexity index is 754. The first-order valence-corrected chi connectivity index (χ1v) is 5.81. The monoisotopic (exact) mass is 290 g/mol. The zero-order valence-corrected chi connectivity index (χ0v) is 9.94. The molecule has 0 atom stereocenters. The Morgan fingerprint density at radius 2 is 1.94 bits per heavy atom. The largest absolute Gasteiger partial charge is 0.433 e. The number of fused-ring (bicyclic) bond motifs is 3. The lowest BCUT2D eigenvalue weighted by Crippen LogP contribution is -2.06. The third-order valence-corrected chi connectivity index (χ3v) is 3.76. The van der Waals surface area contributed by atoms with E-state index in [9.17, 15) is 13.2 Å². The number of hydrogen-bond acceptors (Lipinski definition) is 5. The maximum Gasteiger partial charge on any atom is 0.433 e. The summed E-state index contributed by atoms with van der Waals surface area (Å²) < 4.78 is 38.1. The summed E-state index contributed by atoms with van der Waals surface area (Å²) >= 11 is 6.82. The fraction of sp³-hybridized carbons (Fsp3) is 0.111. The topological polar surface area (TPSA) is 51.6 Å². The lowest BCUT2D eigenvalue weighted by Gasteiger charge is -2.04. The molecule has 0 aromatic carbocycles. The number of rotatable bonds is 0. The Balaban J connectivity index is 2.37. The summed E-state index contributed by atoms with van der Waals surface area (Å²) in [5.74, 6) is 0. The van der Waals surface area contributed by atoms with Crippen LogP contribution in [-0.4, -0.2) is 20.4 Å². The minimum atomic E-state index is -4.47. The van der Waals surface area contributed by atoms with Gasteiger partial charge in [-0.05, 0) is 17.3 Å². The van der Waals surface area contributed by atoms with E-state index in [-0.39, 0.29) is 9.98 Å². The van der Waals surface area contributed by atoms with E-state index in [4.69, 9.17) is 11.6 Å². The number of aromatic nitrogens is 4. The van der Waals surface area contributed by atoms with Crippen LogP contribution < -0.4 is 0 Å². The van der Waals surface area contributed by atoms with Gasteiger partial charge in [0.25, 0.3) is 0 Å². The normalized spacial score (nSPS) is 12.4. The Labute approximate surface area is 106 Å². The minimum Gasteiger partial charge on any atom is -0.232 e. The van der Waals surface area contributed by atoms with E-state index in [2.05, 4.69) is 20.4 Å². The van der Waals surface area contributed by atoms with E-state index in [1.807, 2.05) is 0 Å². The predicted molar refractivity (Wildman–Crippen MR) is 60.5 cm³/mol. The Morgan fingerprint density at radius 3 is 2.67 bits per heavy atom. The van der Waals surface area contributed by atoms with Gasteiger partial charge in [-0.2, -0.15) is 13.2 Å². The van der Waals surface area contributed by atoms with E-state index >= 15 is 0 Å². The second-order valence-corrected chi connectivity index (χ2v) is 4.76. The molecule has 18 heavy (non-hydrogen) atoms.